The van der Waals surface area contributed by atoms with Gasteiger partial charge in [0, 0.05) is 25.7 Å². The van der Waals surface area contributed by atoms with Gasteiger partial charge in [-0.05, 0) is 29.5 Å². The molecule has 6 aliphatic heterocycles. The third kappa shape index (κ3) is 3.71. The molecular formula is C36H44N2O6+2. The van der Waals surface area contributed by atoms with Crippen molar-refractivity contribution in [3.8, 4) is 0 Å². The maximum absolute atomic E-state index is 14.6. The number of carbonyl (C=O) groups excluding carboxylic acids is 2. The number of morpholine rings is 2. The number of likely N-dealkylation sites (N-methyl/N-ethyl adjacent to an activating group) is 2. The van der Waals surface area contributed by atoms with Crippen molar-refractivity contribution in [2.24, 2.45) is 0 Å². The molecule has 6 saturated heterocycles. The molecule has 1 aliphatic carbocycles. The molecule has 0 spiro atoms. The largest absolute Gasteiger partial charge is 0.461 e. The number of quaternary nitrogens is 2. The monoisotopic (exact) mass is 600 g/mol. The van der Waals surface area contributed by atoms with Crippen molar-refractivity contribution in [1.29, 1.82) is 0 Å². The van der Waals surface area contributed by atoms with Crippen molar-refractivity contribution in [3.05, 3.63) is 71.3 Å². The van der Waals surface area contributed by atoms with Crippen LogP contribution in [0.5, 0.6) is 0 Å². The first-order chi connectivity index (χ1) is 21.1. The quantitative estimate of drug-likeness (QED) is 0.297. The summed E-state index contributed by atoms with van der Waals surface area (Å²) in [4.78, 5) is 28.6. The number of esters is 2. The highest BCUT2D eigenvalue weighted by Gasteiger charge is 2.72. The summed E-state index contributed by atoms with van der Waals surface area (Å²) in [6.07, 6.45) is 5.38. The lowest BCUT2D eigenvalue weighted by Crippen LogP contribution is -2.60. The van der Waals surface area contributed by atoms with Gasteiger partial charge in [0.05, 0.1) is 34.1 Å². The summed E-state index contributed by atoms with van der Waals surface area (Å²) in [5.74, 6) is -0.768. The van der Waals surface area contributed by atoms with Gasteiger partial charge in [-0.1, -0.05) is 54.6 Å². The zero-order valence-electron chi connectivity index (χ0n) is 26.1. The average molecular weight is 601 g/mol. The van der Waals surface area contributed by atoms with Gasteiger partial charge in [-0.15, -0.1) is 0 Å². The molecule has 0 saturated carbocycles. The number of piperidine rings is 2. The van der Waals surface area contributed by atoms with Gasteiger partial charge in [0.2, 0.25) is 0 Å². The minimum Gasteiger partial charge on any atom is -0.461 e. The molecule has 11 atom stereocenters. The standard InChI is InChI=1S/C36H44N2O6/c1-37(2)26-16-21(17-27(37)31-30(26)43-31)41-34(39)24-14-15-36(20-10-6-5-7-11-20,25-13-9-8-12-23(24)25)35(40)42-22-18-28-32-33(44-32)29(19-22)38(28,3)4/h5-13,21-22,24,26-33H,14-19H2,1-4H3/q+2/t22?,24-,26+,27+,28-,29+,30-,31-,32-,33+,36+/m1/s1. The van der Waals surface area contributed by atoms with Crippen molar-refractivity contribution in [2.45, 2.75) is 111 Å². The number of epoxide rings is 2. The first-order valence-corrected chi connectivity index (χ1v) is 16.6. The average Bonchev–Trinajstić information content (AvgIpc) is 3.91. The zero-order valence-corrected chi connectivity index (χ0v) is 26.1. The molecule has 6 fully saturated rings. The second kappa shape index (κ2) is 9.15. The van der Waals surface area contributed by atoms with E-state index in [0.29, 0.717) is 61.4 Å². The van der Waals surface area contributed by atoms with E-state index in [2.05, 4.69) is 28.2 Å². The third-order valence-electron chi connectivity index (χ3n) is 13.1. The van der Waals surface area contributed by atoms with Crippen LogP contribution >= 0.6 is 0 Å². The second-order valence-electron chi connectivity index (χ2n) is 15.6. The topological polar surface area (TPSA) is 77.7 Å². The number of nitrogens with zero attached hydrogens (tertiary/aromatic N) is 2. The number of rotatable bonds is 5. The minimum absolute atomic E-state index is 0.0856. The molecule has 232 valence electrons. The Balaban J connectivity index is 0.998. The fourth-order valence-electron chi connectivity index (χ4n) is 10.5. The molecule has 8 nitrogen and oxygen atoms in total. The number of hydrogen-bond acceptors (Lipinski definition) is 6. The van der Waals surface area contributed by atoms with Crippen molar-refractivity contribution in [2.75, 3.05) is 28.2 Å². The molecule has 8 heteroatoms. The van der Waals surface area contributed by atoms with Gasteiger partial charge in [0.15, 0.2) is 0 Å². The summed E-state index contributed by atoms with van der Waals surface area (Å²) in [7, 11) is 9.16. The van der Waals surface area contributed by atoms with E-state index in [-0.39, 0.29) is 24.1 Å². The van der Waals surface area contributed by atoms with Crippen molar-refractivity contribution >= 4 is 11.9 Å². The molecule has 0 aromatic heterocycles. The number of carbonyl (C=O) groups is 2. The molecule has 7 aliphatic rings. The Labute approximate surface area is 259 Å². The van der Waals surface area contributed by atoms with Gasteiger partial charge in [-0.25, -0.2) is 0 Å². The predicted octanol–water partition coefficient (Wildman–Crippen LogP) is 3.45. The van der Waals surface area contributed by atoms with Gasteiger partial charge >= 0.3 is 11.9 Å². The highest BCUT2D eigenvalue weighted by Crippen LogP contribution is 2.54. The van der Waals surface area contributed by atoms with Crippen LogP contribution in [0, 0.1) is 0 Å². The van der Waals surface area contributed by atoms with Crippen LogP contribution < -0.4 is 0 Å². The van der Waals surface area contributed by atoms with E-state index < -0.39 is 11.3 Å². The first-order valence-electron chi connectivity index (χ1n) is 16.6. The Hall–Kier alpha value is -2.78. The molecule has 0 N–H and O–H groups in total. The molecule has 2 aromatic carbocycles. The second-order valence-corrected chi connectivity index (χ2v) is 15.6. The maximum Gasteiger partial charge on any atom is 0.321 e. The lowest BCUT2D eigenvalue weighted by Gasteiger charge is -2.46. The van der Waals surface area contributed by atoms with Crippen LogP contribution in [-0.4, -0.2) is 110 Å². The zero-order chi connectivity index (χ0) is 30.2. The van der Waals surface area contributed by atoms with Crippen LogP contribution in [0.1, 0.15) is 61.1 Å². The summed E-state index contributed by atoms with van der Waals surface area (Å²) < 4.78 is 26.7. The Morgan fingerprint density at radius 2 is 1.20 bits per heavy atom. The lowest BCUT2D eigenvalue weighted by molar-refractivity contribution is -0.938. The van der Waals surface area contributed by atoms with Crippen LogP contribution in [0.25, 0.3) is 0 Å². The first kappa shape index (κ1) is 27.5. The van der Waals surface area contributed by atoms with Crippen LogP contribution in [0.3, 0.4) is 0 Å². The van der Waals surface area contributed by atoms with E-state index in [1.54, 1.807) is 0 Å². The van der Waals surface area contributed by atoms with Gasteiger partial charge in [-0.3, -0.25) is 9.59 Å². The van der Waals surface area contributed by atoms with Gasteiger partial charge in [-0.2, -0.15) is 0 Å². The number of ether oxygens (including phenoxy) is 4. The van der Waals surface area contributed by atoms with Crippen molar-refractivity contribution in [3.63, 3.8) is 0 Å². The van der Waals surface area contributed by atoms with Crippen LogP contribution in [0.2, 0.25) is 0 Å². The molecular weight excluding hydrogens is 556 g/mol. The SMILES string of the molecule is C[N+]1(C)[C@@H]2CC(OC(=O)[C@]3(c4ccccc4)CC[C@@H](C(=O)OC4C[C@H]5[C@H]6O[C@@H]6[C@H](C4)[N+]5(C)C)c4ccccc43)C[C@H]1[C@@H]1O[C@@H]12. The van der Waals surface area contributed by atoms with Crippen molar-refractivity contribution in [1.82, 2.24) is 0 Å². The number of hydrogen-bond donors (Lipinski definition) is 0. The molecule has 44 heavy (non-hydrogen) atoms. The Bertz CT molecular complexity index is 1490. The molecule has 0 amide bonds. The van der Waals surface area contributed by atoms with E-state index >= 15 is 0 Å². The van der Waals surface area contributed by atoms with Crippen molar-refractivity contribution < 1.29 is 37.5 Å². The van der Waals surface area contributed by atoms with E-state index in [0.717, 1.165) is 51.3 Å². The van der Waals surface area contributed by atoms with E-state index in [1.165, 1.54) is 0 Å². The fraction of sp³-hybridized carbons (Fsp3) is 0.611. The number of benzene rings is 2. The molecule has 0 radical (unpaired) electrons. The molecule has 4 bridgehead atoms. The Kier molecular flexibility index (Phi) is 5.72. The van der Waals surface area contributed by atoms with Crippen LogP contribution in [0.4, 0.5) is 0 Å². The van der Waals surface area contributed by atoms with Crippen LogP contribution in [-0.2, 0) is 34.0 Å². The predicted molar refractivity (Wildman–Crippen MR) is 161 cm³/mol. The van der Waals surface area contributed by atoms with Gasteiger partial charge < -0.3 is 27.9 Å². The smallest absolute Gasteiger partial charge is 0.321 e. The Morgan fingerprint density at radius 3 is 1.77 bits per heavy atom. The summed E-state index contributed by atoms with van der Waals surface area (Å²) in [5.41, 5.74) is 1.72. The fourth-order valence-corrected chi connectivity index (χ4v) is 10.5. The molecule has 2 aromatic rings. The minimum atomic E-state index is -0.973. The number of fused-ring (bicyclic) bond motifs is 11. The summed E-state index contributed by atoms with van der Waals surface area (Å²) in [5, 5.41) is 0. The third-order valence-corrected chi connectivity index (χ3v) is 13.1. The van der Waals surface area contributed by atoms with Gasteiger partial charge in [0.1, 0.15) is 66.2 Å². The summed E-state index contributed by atoms with van der Waals surface area (Å²) in [6.45, 7) is 0. The normalized spacial score (nSPS) is 44.5. The van der Waals surface area contributed by atoms with E-state index in [4.69, 9.17) is 18.9 Å². The molecule has 1 unspecified atom stereocenters. The summed E-state index contributed by atoms with van der Waals surface area (Å²) in [6, 6.07) is 19.5. The summed E-state index contributed by atoms with van der Waals surface area (Å²) >= 11 is 0. The molecule has 9 rings (SSSR count). The molecule has 6 heterocycles. The highest BCUT2D eigenvalue weighted by atomic mass is 16.6. The van der Waals surface area contributed by atoms with Crippen LogP contribution in [0.15, 0.2) is 54.6 Å². The van der Waals surface area contributed by atoms with Gasteiger partial charge in [0.25, 0.3) is 0 Å². The Morgan fingerprint density at radius 1 is 0.705 bits per heavy atom. The maximum atomic E-state index is 14.6. The van der Waals surface area contributed by atoms with E-state index in [9.17, 15) is 9.59 Å². The van der Waals surface area contributed by atoms with E-state index in [1.807, 2.05) is 54.6 Å². The highest BCUT2D eigenvalue weighted by molar-refractivity contribution is 5.91. The lowest BCUT2D eigenvalue weighted by atomic mass is 9.63.